The van der Waals surface area contributed by atoms with Crippen LogP contribution in [0, 0.1) is 0 Å². The molecule has 3 nitrogen and oxygen atoms in total. The summed E-state index contributed by atoms with van der Waals surface area (Å²) in [4.78, 5) is 21.6. The molecule has 0 atom stereocenters. The average Bonchev–Trinajstić information content (AvgIpc) is 2.31. The fraction of sp³-hybridized carbons (Fsp3) is 0.467. The molecule has 1 aromatic rings. The predicted molar refractivity (Wildman–Crippen MR) is 72.8 cm³/mol. The first kappa shape index (κ1) is 16.4. The molecule has 100 valence electrons. The van der Waals surface area contributed by atoms with Crippen molar-refractivity contribution in [3.05, 3.63) is 29.8 Å². The molecular weight excluding hydrogens is 228 g/mol. The van der Waals surface area contributed by atoms with Gasteiger partial charge < -0.3 is 9.53 Å². The maximum atomic E-state index is 11.0. The smallest absolute Gasteiger partial charge is 0.308 e. The van der Waals surface area contributed by atoms with Crippen LogP contribution in [0.25, 0.3) is 0 Å². The van der Waals surface area contributed by atoms with E-state index in [9.17, 15) is 9.59 Å². The monoisotopic (exact) mass is 250 g/mol. The Kier molecular flexibility index (Phi) is 6.94. The minimum atomic E-state index is -0.352. The lowest BCUT2D eigenvalue weighted by Crippen LogP contribution is -2.19. The first-order valence-electron chi connectivity index (χ1n) is 6.19. The van der Waals surface area contributed by atoms with Crippen LogP contribution in [0.3, 0.4) is 0 Å². The quantitative estimate of drug-likeness (QED) is 0.466. The molecule has 18 heavy (non-hydrogen) atoms. The molecule has 0 N–H and O–H groups in total. The molecule has 0 bridgehead atoms. The van der Waals surface area contributed by atoms with Crippen LogP contribution in [0.2, 0.25) is 0 Å². The molecule has 0 fully saturated rings. The van der Waals surface area contributed by atoms with E-state index in [1.54, 1.807) is 12.1 Å². The summed E-state index contributed by atoms with van der Waals surface area (Å²) in [5.74, 6) is 0.177. The SMILES string of the molecule is CC.CC(=O)Oc1ccccc1C(C)(C)CC=O. The number of hydrogen-bond acceptors (Lipinski definition) is 3. The van der Waals surface area contributed by atoms with Gasteiger partial charge >= 0.3 is 5.97 Å². The lowest BCUT2D eigenvalue weighted by Gasteiger charge is -2.24. The minimum Gasteiger partial charge on any atom is -0.426 e. The zero-order chi connectivity index (χ0) is 14.2. The summed E-state index contributed by atoms with van der Waals surface area (Å²) in [7, 11) is 0. The highest BCUT2D eigenvalue weighted by Crippen LogP contribution is 2.33. The van der Waals surface area contributed by atoms with E-state index in [0.29, 0.717) is 12.2 Å². The fourth-order valence-electron chi connectivity index (χ4n) is 1.59. The van der Waals surface area contributed by atoms with E-state index in [4.69, 9.17) is 4.74 Å². The molecule has 0 radical (unpaired) electrons. The zero-order valence-electron chi connectivity index (χ0n) is 11.8. The molecule has 0 saturated heterocycles. The third kappa shape index (κ3) is 4.70. The van der Waals surface area contributed by atoms with E-state index in [1.807, 2.05) is 39.8 Å². The maximum absolute atomic E-state index is 11.0. The van der Waals surface area contributed by atoms with Gasteiger partial charge in [-0.25, -0.2) is 0 Å². The van der Waals surface area contributed by atoms with Gasteiger partial charge in [-0.05, 0) is 11.5 Å². The first-order valence-corrected chi connectivity index (χ1v) is 6.19. The second kappa shape index (κ2) is 7.64. The van der Waals surface area contributed by atoms with Crippen molar-refractivity contribution in [1.82, 2.24) is 0 Å². The van der Waals surface area contributed by atoms with Crippen LogP contribution >= 0.6 is 0 Å². The third-order valence-corrected chi connectivity index (χ3v) is 2.46. The largest absolute Gasteiger partial charge is 0.426 e. The standard InChI is InChI=1S/C13H16O3.C2H6/c1-10(15)16-12-7-5-4-6-11(12)13(2,3)8-9-14;1-2/h4-7,9H,8H2,1-3H3;1-2H3. The Morgan fingerprint density at radius 2 is 1.83 bits per heavy atom. The predicted octanol–water partition coefficient (Wildman–Crippen LogP) is 3.50. The summed E-state index contributed by atoms with van der Waals surface area (Å²) < 4.78 is 5.12. The maximum Gasteiger partial charge on any atom is 0.308 e. The van der Waals surface area contributed by atoms with Crippen molar-refractivity contribution >= 4 is 12.3 Å². The van der Waals surface area contributed by atoms with Gasteiger partial charge in [-0.2, -0.15) is 0 Å². The highest BCUT2D eigenvalue weighted by molar-refractivity contribution is 5.70. The topological polar surface area (TPSA) is 43.4 Å². The number of carbonyl (C=O) groups is 2. The van der Waals surface area contributed by atoms with Crippen molar-refractivity contribution in [1.29, 1.82) is 0 Å². The Morgan fingerprint density at radius 1 is 1.28 bits per heavy atom. The minimum absolute atomic E-state index is 0.326. The molecule has 0 aliphatic heterocycles. The Hall–Kier alpha value is -1.64. The average molecular weight is 250 g/mol. The van der Waals surface area contributed by atoms with Crippen molar-refractivity contribution < 1.29 is 14.3 Å². The van der Waals surface area contributed by atoms with Crippen molar-refractivity contribution in [3.8, 4) is 5.75 Å². The lowest BCUT2D eigenvalue weighted by atomic mass is 9.81. The summed E-state index contributed by atoms with van der Waals surface area (Å²) in [6.45, 7) is 9.26. The van der Waals surface area contributed by atoms with Crippen LogP contribution in [0.5, 0.6) is 5.75 Å². The third-order valence-electron chi connectivity index (χ3n) is 2.46. The molecule has 0 spiro atoms. The van der Waals surface area contributed by atoms with Gasteiger partial charge in [-0.1, -0.05) is 45.9 Å². The highest BCUT2D eigenvalue weighted by atomic mass is 16.5. The van der Waals surface area contributed by atoms with Crippen LogP contribution in [-0.2, 0) is 15.0 Å². The number of aldehydes is 1. The van der Waals surface area contributed by atoms with E-state index in [-0.39, 0.29) is 11.4 Å². The van der Waals surface area contributed by atoms with Gasteiger partial charge in [0.25, 0.3) is 0 Å². The lowest BCUT2D eigenvalue weighted by molar-refractivity contribution is -0.131. The molecule has 1 rings (SSSR count). The second-order valence-electron chi connectivity index (χ2n) is 4.34. The molecule has 1 aromatic carbocycles. The fourth-order valence-corrected chi connectivity index (χ4v) is 1.59. The molecule has 3 heteroatoms. The molecule has 0 aromatic heterocycles. The second-order valence-corrected chi connectivity index (χ2v) is 4.34. The Labute approximate surface area is 109 Å². The van der Waals surface area contributed by atoms with Crippen LogP contribution in [0.1, 0.15) is 46.6 Å². The molecule has 0 aliphatic carbocycles. The first-order chi connectivity index (χ1) is 8.47. The van der Waals surface area contributed by atoms with Gasteiger partial charge in [0, 0.05) is 18.9 Å². The molecule has 0 saturated carbocycles. The zero-order valence-corrected chi connectivity index (χ0v) is 11.8. The number of carbonyl (C=O) groups excluding carboxylic acids is 2. The van der Waals surface area contributed by atoms with E-state index >= 15 is 0 Å². The van der Waals surface area contributed by atoms with Gasteiger partial charge in [0.1, 0.15) is 12.0 Å². The molecular formula is C15H22O3. The van der Waals surface area contributed by atoms with Crippen LogP contribution in [0.4, 0.5) is 0 Å². The molecule has 0 aliphatic rings. The van der Waals surface area contributed by atoms with Crippen molar-refractivity contribution in [2.24, 2.45) is 0 Å². The summed E-state index contributed by atoms with van der Waals surface area (Å²) in [5, 5.41) is 0. The van der Waals surface area contributed by atoms with E-state index < -0.39 is 0 Å². The van der Waals surface area contributed by atoms with Gasteiger partial charge in [0.05, 0.1) is 0 Å². The van der Waals surface area contributed by atoms with Crippen molar-refractivity contribution in [3.63, 3.8) is 0 Å². The number of ether oxygens (including phenoxy) is 1. The van der Waals surface area contributed by atoms with Crippen LogP contribution < -0.4 is 4.74 Å². The van der Waals surface area contributed by atoms with Gasteiger partial charge in [0.2, 0.25) is 0 Å². The van der Waals surface area contributed by atoms with Crippen molar-refractivity contribution in [2.75, 3.05) is 0 Å². The van der Waals surface area contributed by atoms with Gasteiger partial charge in [0.15, 0.2) is 0 Å². The highest BCUT2D eigenvalue weighted by Gasteiger charge is 2.24. The van der Waals surface area contributed by atoms with Gasteiger partial charge in [-0.3, -0.25) is 4.79 Å². The Bertz CT molecular complexity index is 394. The number of benzene rings is 1. The molecule has 0 unspecified atom stereocenters. The summed E-state index contributed by atoms with van der Waals surface area (Å²) >= 11 is 0. The number of rotatable bonds is 4. The van der Waals surface area contributed by atoms with Crippen LogP contribution in [0.15, 0.2) is 24.3 Å². The van der Waals surface area contributed by atoms with Gasteiger partial charge in [-0.15, -0.1) is 0 Å². The summed E-state index contributed by atoms with van der Waals surface area (Å²) in [5.41, 5.74) is 0.547. The van der Waals surface area contributed by atoms with E-state index in [0.717, 1.165) is 11.8 Å². The Balaban J connectivity index is 0.00000137. The summed E-state index contributed by atoms with van der Waals surface area (Å²) in [6.07, 6.45) is 1.27. The number of para-hydroxylation sites is 1. The van der Waals surface area contributed by atoms with E-state index in [2.05, 4.69) is 0 Å². The number of hydrogen-bond donors (Lipinski definition) is 0. The molecule has 0 heterocycles. The van der Waals surface area contributed by atoms with E-state index in [1.165, 1.54) is 6.92 Å². The number of esters is 1. The van der Waals surface area contributed by atoms with Crippen molar-refractivity contribution in [2.45, 2.75) is 46.5 Å². The normalized spacial score (nSPS) is 10.1. The molecule has 0 amide bonds. The van der Waals surface area contributed by atoms with Crippen LogP contribution in [-0.4, -0.2) is 12.3 Å². The Morgan fingerprint density at radius 3 is 2.33 bits per heavy atom. The summed E-state index contributed by atoms with van der Waals surface area (Å²) in [6, 6.07) is 7.29.